The molecule has 0 aromatic carbocycles. The van der Waals surface area contributed by atoms with Gasteiger partial charge in [-0.05, 0) is 25.7 Å². The van der Waals surface area contributed by atoms with Crippen molar-refractivity contribution < 1.29 is 0 Å². The van der Waals surface area contributed by atoms with E-state index >= 15 is 0 Å². The molecule has 0 fully saturated rings. The van der Waals surface area contributed by atoms with Crippen LogP contribution in [0.5, 0.6) is 0 Å². The third kappa shape index (κ3) is 15.2. The van der Waals surface area contributed by atoms with Crippen LogP contribution in [0.4, 0.5) is 0 Å². The number of nitrogens with zero attached hydrogens (tertiary/aromatic N) is 2. The van der Waals surface area contributed by atoms with Crippen molar-refractivity contribution in [2.24, 2.45) is 0 Å². The maximum absolute atomic E-state index is 2.64. The van der Waals surface area contributed by atoms with Crippen LogP contribution < -0.4 is 0 Å². The number of unbranched alkanes of at least 4 members (excludes halogenated alkanes) is 18. The average Bonchev–Trinajstić information content (AvgIpc) is 3.19. The molecule has 1 unspecified atom stereocenters. The lowest BCUT2D eigenvalue weighted by Crippen LogP contribution is -2.39. The summed E-state index contributed by atoms with van der Waals surface area (Å²) in [5.74, 6) is 0. The van der Waals surface area contributed by atoms with E-state index in [1.54, 1.807) is 0 Å². The monoisotopic (exact) mass is 448 g/mol. The first-order valence-corrected chi connectivity index (χ1v) is 15.0. The largest absolute Gasteiger partial charge is 0.356 e. The molecular formula is C30H60N2. The molecule has 190 valence electrons. The van der Waals surface area contributed by atoms with Crippen LogP contribution in [0.2, 0.25) is 0 Å². The average molecular weight is 449 g/mol. The molecule has 1 atom stereocenters. The summed E-state index contributed by atoms with van der Waals surface area (Å²) in [6.45, 7) is 9.43. The van der Waals surface area contributed by atoms with Crippen LogP contribution in [0, 0.1) is 0 Å². The van der Waals surface area contributed by atoms with Gasteiger partial charge < -0.3 is 9.80 Å². The van der Waals surface area contributed by atoms with Crippen molar-refractivity contribution in [3.05, 3.63) is 12.4 Å². The van der Waals surface area contributed by atoms with Crippen LogP contribution in [-0.4, -0.2) is 29.1 Å². The standard InChI is InChI=1S/C30H60N2/c1-4-7-10-11-12-13-14-15-16-17-18-19-20-21-22-24-27-32-29-28-31(26-23-8-5-2)30(32)25-9-6-3/h28-30H,4-27H2,1-3H3. The van der Waals surface area contributed by atoms with Gasteiger partial charge in [-0.25, -0.2) is 0 Å². The molecule has 32 heavy (non-hydrogen) atoms. The molecule has 0 saturated carbocycles. The van der Waals surface area contributed by atoms with E-state index in [2.05, 4.69) is 43.0 Å². The predicted molar refractivity (Wildman–Crippen MR) is 145 cm³/mol. The maximum atomic E-state index is 2.64. The zero-order valence-corrected chi connectivity index (χ0v) is 22.6. The molecule has 0 aromatic heterocycles. The van der Waals surface area contributed by atoms with Crippen molar-refractivity contribution in [1.82, 2.24) is 9.80 Å². The highest BCUT2D eigenvalue weighted by molar-refractivity contribution is 4.96. The maximum Gasteiger partial charge on any atom is 0.101 e. The molecule has 0 radical (unpaired) electrons. The van der Waals surface area contributed by atoms with Gasteiger partial charge in [-0.1, -0.05) is 136 Å². The zero-order valence-electron chi connectivity index (χ0n) is 22.6. The molecule has 0 saturated heterocycles. The normalized spacial score (nSPS) is 15.9. The Kier molecular flexibility index (Phi) is 20.3. The molecule has 1 aliphatic rings. The Bertz CT molecular complexity index is 406. The Balaban J connectivity index is 1.94. The van der Waals surface area contributed by atoms with Crippen LogP contribution >= 0.6 is 0 Å². The van der Waals surface area contributed by atoms with Crippen LogP contribution in [0.25, 0.3) is 0 Å². The molecule has 0 aliphatic carbocycles. The van der Waals surface area contributed by atoms with E-state index in [0.29, 0.717) is 6.17 Å². The van der Waals surface area contributed by atoms with Crippen LogP contribution in [-0.2, 0) is 0 Å². The van der Waals surface area contributed by atoms with E-state index in [1.807, 2.05) is 0 Å². The topological polar surface area (TPSA) is 6.48 Å². The fraction of sp³-hybridized carbons (Fsp3) is 0.933. The second kappa shape index (κ2) is 22.1. The summed E-state index contributed by atoms with van der Waals surface area (Å²) in [4.78, 5) is 5.27. The third-order valence-corrected chi connectivity index (χ3v) is 7.32. The van der Waals surface area contributed by atoms with Crippen molar-refractivity contribution in [3.8, 4) is 0 Å². The molecule has 0 spiro atoms. The first-order chi connectivity index (χ1) is 15.8. The van der Waals surface area contributed by atoms with Gasteiger partial charge in [-0.15, -0.1) is 0 Å². The van der Waals surface area contributed by atoms with Crippen LogP contribution in [0.3, 0.4) is 0 Å². The molecule has 1 rings (SSSR count). The van der Waals surface area contributed by atoms with Crippen molar-refractivity contribution in [3.63, 3.8) is 0 Å². The third-order valence-electron chi connectivity index (χ3n) is 7.32. The van der Waals surface area contributed by atoms with Gasteiger partial charge in [-0.3, -0.25) is 0 Å². The number of hydrogen-bond acceptors (Lipinski definition) is 2. The second-order valence-corrected chi connectivity index (χ2v) is 10.4. The molecule has 2 heteroatoms. The highest BCUT2D eigenvalue weighted by atomic mass is 15.4. The summed E-state index contributed by atoms with van der Waals surface area (Å²) >= 11 is 0. The van der Waals surface area contributed by atoms with E-state index in [4.69, 9.17) is 0 Å². The SMILES string of the molecule is CCCCCCCCCCCCCCCCCCN1C=CN(CCCCC)C1CCCC. The van der Waals surface area contributed by atoms with Gasteiger partial charge in [0, 0.05) is 25.5 Å². The molecular weight excluding hydrogens is 388 g/mol. The lowest BCUT2D eigenvalue weighted by molar-refractivity contribution is 0.136. The molecule has 0 bridgehead atoms. The molecule has 1 heterocycles. The molecule has 0 aromatic rings. The lowest BCUT2D eigenvalue weighted by atomic mass is 10.0. The van der Waals surface area contributed by atoms with E-state index in [1.165, 1.54) is 154 Å². The first kappa shape index (κ1) is 29.4. The van der Waals surface area contributed by atoms with E-state index < -0.39 is 0 Å². The van der Waals surface area contributed by atoms with Crippen molar-refractivity contribution in [2.75, 3.05) is 13.1 Å². The highest BCUT2D eigenvalue weighted by Crippen LogP contribution is 2.23. The smallest absolute Gasteiger partial charge is 0.101 e. The zero-order chi connectivity index (χ0) is 23.1. The highest BCUT2D eigenvalue weighted by Gasteiger charge is 2.24. The summed E-state index contributed by atoms with van der Waals surface area (Å²) in [6.07, 6.45) is 36.6. The summed E-state index contributed by atoms with van der Waals surface area (Å²) in [7, 11) is 0. The Morgan fingerprint density at radius 1 is 0.406 bits per heavy atom. The molecule has 1 aliphatic heterocycles. The summed E-state index contributed by atoms with van der Waals surface area (Å²) in [5.41, 5.74) is 0. The van der Waals surface area contributed by atoms with E-state index in [9.17, 15) is 0 Å². The van der Waals surface area contributed by atoms with Crippen molar-refractivity contribution in [2.45, 2.75) is 168 Å². The molecule has 0 amide bonds. The van der Waals surface area contributed by atoms with Gasteiger partial charge in [-0.2, -0.15) is 0 Å². The van der Waals surface area contributed by atoms with Gasteiger partial charge in [0.2, 0.25) is 0 Å². The minimum atomic E-state index is 0.642. The van der Waals surface area contributed by atoms with Gasteiger partial charge in [0.15, 0.2) is 0 Å². The minimum absolute atomic E-state index is 0.642. The quantitative estimate of drug-likeness (QED) is 0.135. The lowest BCUT2D eigenvalue weighted by Gasteiger charge is -2.33. The van der Waals surface area contributed by atoms with Crippen molar-refractivity contribution >= 4 is 0 Å². The van der Waals surface area contributed by atoms with Gasteiger partial charge in [0.05, 0.1) is 0 Å². The van der Waals surface area contributed by atoms with Gasteiger partial charge >= 0.3 is 0 Å². The fourth-order valence-corrected chi connectivity index (χ4v) is 5.11. The first-order valence-electron chi connectivity index (χ1n) is 15.0. The summed E-state index contributed by atoms with van der Waals surface area (Å²) < 4.78 is 0. The molecule has 2 nitrogen and oxygen atoms in total. The van der Waals surface area contributed by atoms with Gasteiger partial charge in [0.1, 0.15) is 6.17 Å². The predicted octanol–water partition coefficient (Wildman–Crippen LogP) is 10.0. The van der Waals surface area contributed by atoms with Crippen LogP contribution in [0.15, 0.2) is 12.4 Å². The second-order valence-electron chi connectivity index (χ2n) is 10.4. The Morgan fingerprint density at radius 3 is 1.12 bits per heavy atom. The Labute approximate surface area is 203 Å². The Morgan fingerprint density at radius 2 is 0.719 bits per heavy atom. The van der Waals surface area contributed by atoms with Gasteiger partial charge in [0.25, 0.3) is 0 Å². The fourth-order valence-electron chi connectivity index (χ4n) is 5.11. The number of rotatable bonds is 24. The summed E-state index contributed by atoms with van der Waals surface area (Å²) in [6, 6.07) is 0. The minimum Gasteiger partial charge on any atom is -0.356 e. The molecule has 0 N–H and O–H groups in total. The van der Waals surface area contributed by atoms with E-state index in [-0.39, 0.29) is 0 Å². The Hall–Kier alpha value is -0.660. The number of hydrogen-bond donors (Lipinski definition) is 0. The summed E-state index contributed by atoms with van der Waals surface area (Å²) in [5, 5.41) is 0. The van der Waals surface area contributed by atoms with Crippen LogP contribution in [0.1, 0.15) is 162 Å². The van der Waals surface area contributed by atoms with Crippen molar-refractivity contribution in [1.29, 1.82) is 0 Å². The van der Waals surface area contributed by atoms with E-state index in [0.717, 1.165) is 0 Å².